The van der Waals surface area contributed by atoms with Crippen LogP contribution in [0.4, 0.5) is 0 Å². The predicted molar refractivity (Wildman–Crippen MR) is 60.1 cm³/mol. The van der Waals surface area contributed by atoms with E-state index in [1.807, 2.05) is 12.1 Å². The van der Waals surface area contributed by atoms with Crippen molar-refractivity contribution in [1.29, 1.82) is 0 Å². The van der Waals surface area contributed by atoms with Gasteiger partial charge in [-0.15, -0.1) is 0 Å². The van der Waals surface area contributed by atoms with Crippen LogP contribution in [0.25, 0.3) is 0 Å². The number of aliphatic hydroxyl groups is 2. The molecule has 0 aromatic heterocycles. The summed E-state index contributed by atoms with van der Waals surface area (Å²) in [6.07, 6.45) is 1.91. The Labute approximate surface area is 90.6 Å². The molecule has 2 heteroatoms. The van der Waals surface area contributed by atoms with Crippen molar-refractivity contribution in [3.05, 3.63) is 34.9 Å². The lowest BCUT2D eigenvalue weighted by molar-refractivity contribution is 0.275. The molecule has 0 radical (unpaired) electrons. The van der Waals surface area contributed by atoms with Gasteiger partial charge in [0.15, 0.2) is 0 Å². The minimum absolute atomic E-state index is 0.0176. The summed E-state index contributed by atoms with van der Waals surface area (Å²) in [7, 11) is 0. The van der Waals surface area contributed by atoms with Gasteiger partial charge >= 0.3 is 0 Å². The van der Waals surface area contributed by atoms with Crippen LogP contribution in [0, 0.1) is 11.8 Å². The highest BCUT2D eigenvalue weighted by Crippen LogP contribution is 2.10. The number of hydrogen-bond donors (Lipinski definition) is 2. The summed E-state index contributed by atoms with van der Waals surface area (Å²) in [5.41, 5.74) is 2.45. The van der Waals surface area contributed by atoms with Gasteiger partial charge in [0, 0.05) is 12.0 Å². The first kappa shape index (κ1) is 11.8. The van der Waals surface area contributed by atoms with Crippen LogP contribution in [0.3, 0.4) is 0 Å². The van der Waals surface area contributed by atoms with Crippen molar-refractivity contribution in [2.75, 3.05) is 0 Å². The second-order valence-electron chi connectivity index (χ2n) is 3.41. The first-order valence-corrected chi connectivity index (χ1v) is 5.13. The van der Waals surface area contributed by atoms with Crippen LogP contribution < -0.4 is 0 Å². The molecule has 0 spiro atoms. The van der Waals surface area contributed by atoms with E-state index in [0.29, 0.717) is 0 Å². The first-order chi connectivity index (χ1) is 7.30. The Morgan fingerprint density at radius 1 is 1.07 bits per heavy atom. The van der Waals surface area contributed by atoms with Crippen LogP contribution in [0.5, 0.6) is 0 Å². The molecule has 2 nitrogen and oxygen atoms in total. The number of unbranched alkanes of at least 4 members (excludes halogenated alkanes) is 1. The van der Waals surface area contributed by atoms with Gasteiger partial charge in [-0.25, -0.2) is 0 Å². The zero-order chi connectivity index (χ0) is 11.1. The lowest BCUT2D eigenvalue weighted by atomic mass is 10.1. The zero-order valence-electron chi connectivity index (χ0n) is 8.95. The third-order valence-electron chi connectivity index (χ3n) is 2.03. The van der Waals surface area contributed by atoms with E-state index >= 15 is 0 Å². The third-order valence-corrected chi connectivity index (χ3v) is 2.03. The summed E-state index contributed by atoms with van der Waals surface area (Å²) < 4.78 is 0. The van der Waals surface area contributed by atoms with E-state index in [4.69, 9.17) is 10.2 Å². The minimum atomic E-state index is -0.0176. The van der Waals surface area contributed by atoms with E-state index in [-0.39, 0.29) is 13.2 Å². The summed E-state index contributed by atoms with van der Waals surface area (Å²) in [5, 5.41) is 18.0. The highest BCUT2D eigenvalue weighted by molar-refractivity contribution is 5.40. The Kier molecular flexibility index (Phi) is 4.89. The van der Waals surface area contributed by atoms with Crippen molar-refractivity contribution >= 4 is 0 Å². The summed E-state index contributed by atoms with van der Waals surface area (Å²) in [4.78, 5) is 0. The van der Waals surface area contributed by atoms with Gasteiger partial charge in [-0.1, -0.05) is 24.8 Å². The number of aliphatic hydroxyl groups excluding tert-OH is 2. The lowest BCUT2D eigenvalue weighted by Gasteiger charge is -2.01. The molecule has 0 atom stereocenters. The molecule has 0 unspecified atom stereocenters. The Hall–Kier alpha value is -1.30. The Morgan fingerprint density at radius 3 is 2.13 bits per heavy atom. The molecule has 0 aliphatic carbocycles. The van der Waals surface area contributed by atoms with E-state index in [1.54, 1.807) is 6.07 Å². The second-order valence-corrected chi connectivity index (χ2v) is 3.41. The second kappa shape index (κ2) is 6.23. The largest absolute Gasteiger partial charge is 0.392 e. The average Bonchev–Trinajstić information content (AvgIpc) is 2.29. The van der Waals surface area contributed by atoms with Crippen molar-refractivity contribution < 1.29 is 10.2 Å². The highest BCUT2D eigenvalue weighted by atomic mass is 16.3. The fourth-order valence-electron chi connectivity index (χ4n) is 1.31. The molecule has 1 aromatic carbocycles. The molecule has 0 heterocycles. The maximum absolute atomic E-state index is 9.02. The van der Waals surface area contributed by atoms with Crippen LogP contribution in [0.1, 0.15) is 36.5 Å². The van der Waals surface area contributed by atoms with Gasteiger partial charge in [-0.2, -0.15) is 0 Å². The standard InChI is InChI=1S/C13H16O2/c1-2-3-4-5-11-6-12(9-14)8-13(7-11)10-15/h6-8,14-15H,2-3,9-10H2,1H3. The molecule has 15 heavy (non-hydrogen) atoms. The Balaban J connectivity index is 2.93. The summed E-state index contributed by atoms with van der Waals surface area (Å²) in [6, 6.07) is 5.48. The first-order valence-electron chi connectivity index (χ1n) is 5.13. The maximum atomic E-state index is 9.02. The van der Waals surface area contributed by atoms with Crippen molar-refractivity contribution in [1.82, 2.24) is 0 Å². The highest BCUT2D eigenvalue weighted by Gasteiger charge is 1.97. The molecule has 1 aromatic rings. The fraction of sp³-hybridized carbons (Fsp3) is 0.385. The molecule has 0 saturated heterocycles. The molecule has 0 saturated carbocycles. The van der Waals surface area contributed by atoms with Crippen LogP contribution in [-0.4, -0.2) is 10.2 Å². The van der Waals surface area contributed by atoms with Crippen LogP contribution in [-0.2, 0) is 13.2 Å². The smallest absolute Gasteiger partial charge is 0.0682 e. The Morgan fingerprint density at radius 2 is 1.67 bits per heavy atom. The SMILES string of the molecule is CCCC#Cc1cc(CO)cc(CO)c1. The van der Waals surface area contributed by atoms with Gasteiger partial charge in [0.1, 0.15) is 0 Å². The minimum Gasteiger partial charge on any atom is -0.392 e. The maximum Gasteiger partial charge on any atom is 0.0682 e. The molecule has 0 amide bonds. The van der Waals surface area contributed by atoms with E-state index in [1.165, 1.54) is 0 Å². The van der Waals surface area contributed by atoms with E-state index in [0.717, 1.165) is 29.5 Å². The fourth-order valence-corrected chi connectivity index (χ4v) is 1.31. The molecular weight excluding hydrogens is 188 g/mol. The summed E-state index contributed by atoms with van der Waals surface area (Å²) in [6.45, 7) is 2.05. The normalized spacial score (nSPS) is 9.53. The van der Waals surface area contributed by atoms with Crippen molar-refractivity contribution in [2.45, 2.75) is 33.0 Å². The van der Waals surface area contributed by atoms with E-state index in [2.05, 4.69) is 18.8 Å². The quantitative estimate of drug-likeness (QED) is 0.737. The molecule has 0 aliphatic rings. The number of benzene rings is 1. The average molecular weight is 204 g/mol. The predicted octanol–water partition coefficient (Wildman–Crippen LogP) is 1.82. The van der Waals surface area contributed by atoms with Gasteiger partial charge in [-0.05, 0) is 29.7 Å². The van der Waals surface area contributed by atoms with Gasteiger partial charge in [0.05, 0.1) is 13.2 Å². The lowest BCUT2D eigenvalue weighted by Crippen LogP contribution is -1.91. The monoisotopic (exact) mass is 204 g/mol. The van der Waals surface area contributed by atoms with Crippen molar-refractivity contribution in [2.24, 2.45) is 0 Å². The van der Waals surface area contributed by atoms with E-state index in [9.17, 15) is 0 Å². The molecule has 2 N–H and O–H groups in total. The number of hydrogen-bond acceptors (Lipinski definition) is 2. The molecular formula is C13H16O2. The molecule has 80 valence electrons. The summed E-state index contributed by atoms with van der Waals surface area (Å²) in [5.74, 6) is 6.06. The van der Waals surface area contributed by atoms with Crippen molar-refractivity contribution in [3.63, 3.8) is 0 Å². The topological polar surface area (TPSA) is 40.5 Å². The Bertz CT molecular complexity index is 350. The third kappa shape index (κ3) is 3.75. The van der Waals surface area contributed by atoms with E-state index < -0.39 is 0 Å². The van der Waals surface area contributed by atoms with Gasteiger partial charge in [0.25, 0.3) is 0 Å². The summed E-state index contributed by atoms with van der Waals surface area (Å²) >= 11 is 0. The number of rotatable bonds is 3. The van der Waals surface area contributed by atoms with Crippen LogP contribution in [0.2, 0.25) is 0 Å². The van der Waals surface area contributed by atoms with Gasteiger partial charge in [0.2, 0.25) is 0 Å². The molecule has 0 fully saturated rings. The van der Waals surface area contributed by atoms with Gasteiger partial charge in [-0.3, -0.25) is 0 Å². The van der Waals surface area contributed by atoms with Crippen LogP contribution in [0.15, 0.2) is 18.2 Å². The molecule has 1 rings (SSSR count). The van der Waals surface area contributed by atoms with Crippen molar-refractivity contribution in [3.8, 4) is 11.8 Å². The molecule has 0 bridgehead atoms. The molecule has 0 aliphatic heterocycles. The zero-order valence-corrected chi connectivity index (χ0v) is 8.95. The van der Waals surface area contributed by atoms with Crippen LogP contribution >= 0.6 is 0 Å². The van der Waals surface area contributed by atoms with Gasteiger partial charge < -0.3 is 10.2 Å².